The van der Waals surface area contributed by atoms with Gasteiger partial charge >= 0.3 is 6.01 Å². The molecule has 5 heteroatoms. The van der Waals surface area contributed by atoms with Gasteiger partial charge in [0.05, 0.1) is 0 Å². The Bertz CT molecular complexity index is 336. The first-order valence-electron chi connectivity index (χ1n) is 6.39. The summed E-state index contributed by atoms with van der Waals surface area (Å²) in [5, 5.41) is 8.03. The van der Waals surface area contributed by atoms with Crippen LogP contribution in [-0.4, -0.2) is 29.7 Å². The Balaban J connectivity index is 1.86. The highest BCUT2D eigenvalue weighted by molar-refractivity contribution is 6.17. The van der Waals surface area contributed by atoms with E-state index in [2.05, 4.69) is 15.1 Å². The van der Waals surface area contributed by atoms with Crippen molar-refractivity contribution in [3.63, 3.8) is 0 Å². The minimum Gasteiger partial charge on any atom is -0.408 e. The fourth-order valence-corrected chi connectivity index (χ4v) is 2.58. The number of halogens is 1. The fraction of sp³-hybridized carbons (Fsp3) is 0.833. The summed E-state index contributed by atoms with van der Waals surface area (Å²) in [6, 6.07) is 0.621. The molecule has 0 aliphatic heterocycles. The number of hydrogen-bond donors (Lipinski definition) is 0. The van der Waals surface area contributed by atoms with E-state index in [9.17, 15) is 0 Å². The molecular formula is C12H20ClN3O. The summed E-state index contributed by atoms with van der Waals surface area (Å²) in [6.45, 7) is 1.02. The summed E-state index contributed by atoms with van der Waals surface area (Å²) < 4.78 is 5.55. The van der Waals surface area contributed by atoms with Crippen molar-refractivity contribution in [3.05, 3.63) is 5.89 Å². The van der Waals surface area contributed by atoms with E-state index in [-0.39, 0.29) is 0 Å². The van der Waals surface area contributed by atoms with Crippen LogP contribution in [0.5, 0.6) is 0 Å². The average molecular weight is 258 g/mol. The topological polar surface area (TPSA) is 42.2 Å². The molecular weight excluding hydrogens is 238 g/mol. The molecule has 1 fully saturated rings. The SMILES string of the molecule is CN(CC1CCCCC1)c1nnc(CCCl)o1. The van der Waals surface area contributed by atoms with E-state index in [0.717, 1.165) is 12.5 Å². The summed E-state index contributed by atoms with van der Waals surface area (Å²) in [5.74, 6) is 1.93. The number of anilines is 1. The zero-order valence-corrected chi connectivity index (χ0v) is 11.1. The van der Waals surface area contributed by atoms with Crippen molar-refractivity contribution in [3.8, 4) is 0 Å². The summed E-state index contributed by atoms with van der Waals surface area (Å²) in [5.41, 5.74) is 0. The van der Waals surface area contributed by atoms with Gasteiger partial charge < -0.3 is 9.32 Å². The molecule has 0 N–H and O–H groups in total. The molecule has 1 heterocycles. The second-order valence-corrected chi connectivity index (χ2v) is 5.18. The zero-order valence-electron chi connectivity index (χ0n) is 10.4. The van der Waals surface area contributed by atoms with Gasteiger partial charge in [0.2, 0.25) is 5.89 Å². The molecule has 0 unspecified atom stereocenters. The lowest BCUT2D eigenvalue weighted by molar-refractivity contribution is 0.355. The lowest BCUT2D eigenvalue weighted by Gasteiger charge is -2.25. The third kappa shape index (κ3) is 3.60. The van der Waals surface area contributed by atoms with Gasteiger partial charge in [-0.15, -0.1) is 16.7 Å². The quantitative estimate of drug-likeness (QED) is 0.761. The Hall–Kier alpha value is -0.770. The Morgan fingerprint density at radius 2 is 2.06 bits per heavy atom. The first-order valence-corrected chi connectivity index (χ1v) is 6.92. The van der Waals surface area contributed by atoms with Crippen molar-refractivity contribution in [1.82, 2.24) is 10.2 Å². The molecule has 0 radical (unpaired) electrons. The van der Waals surface area contributed by atoms with Crippen LogP contribution in [-0.2, 0) is 6.42 Å². The van der Waals surface area contributed by atoms with Crippen molar-refractivity contribution in [1.29, 1.82) is 0 Å². The Labute approximate surface area is 107 Å². The molecule has 0 atom stereocenters. The van der Waals surface area contributed by atoms with Crippen LogP contribution in [0.4, 0.5) is 6.01 Å². The van der Waals surface area contributed by atoms with Gasteiger partial charge in [0.1, 0.15) is 0 Å². The zero-order chi connectivity index (χ0) is 12.1. The van der Waals surface area contributed by atoms with Crippen LogP contribution in [0.25, 0.3) is 0 Å². The highest BCUT2D eigenvalue weighted by Crippen LogP contribution is 2.25. The first-order chi connectivity index (χ1) is 8.29. The highest BCUT2D eigenvalue weighted by atomic mass is 35.5. The molecule has 1 aromatic rings. The molecule has 0 bridgehead atoms. The van der Waals surface area contributed by atoms with Crippen LogP contribution in [0.2, 0.25) is 0 Å². The van der Waals surface area contributed by atoms with E-state index in [1.54, 1.807) is 0 Å². The maximum atomic E-state index is 5.64. The van der Waals surface area contributed by atoms with Crippen molar-refractivity contribution in [2.45, 2.75) is 38.5 Å². The van der Waals surface area contributed by atoms with Gasteiger partial charge in [0.25, 0.3) is 0 Å². The van der Waals surface area contributed by atoms with Crippen LogP contribution < -0.4 is 4.90 Å². The van der Waals surface area contributed by atoms with E-state index >= 15 is 0 Å². The summed E-state index contributed by atoms with van der Waals surface area (Å²) in [7, 11) is 2.02. The maximum Gasteiger partial charge on any atom is 0.317 e. The van der Waals surface area contributed by atoms with Crippen LogP contribution in [0.3, 0.4) is 0 Å². The van der Waals surface area contributed by atoms with Crippen molar-refractivity contribution >= 4 is 17.6 Å². The molecule has 0 spiro atoms. The summed E-state index contributed by atoms with van der Waals surface area (Å²) in [6.07, 6.45) is 7.41. The summed E-state index contributed by atoms with van der Waals surface area (Å²) >= 11 is 5.64. The smallest absolute Gasteiger partial charge is 0.317 e. The van der Waals surface area contributed by atoms with Gasteiger partial charge in [-0.25, -0.2) is 0 Å². The lowest BCUT2D eigenvalue weighted by Crippen LogP contribution is -2.27. The third-order valence-electron chi connectivity index (χ3n) is 3.35. The second-order valence-electron chi connectivity index (χ2n) is 4.80. The molecule has 1 aromatic heterocycles. The minimum atomic E-state index is 0.522. The van der Waals surface area contributed by atoms with Crippen LogP contribution in [0, 0.1) is 5.92 Å². The Morgan fingerprint density at radius 1 is 1.29 bits per heavy atom. The third-order valence-corrected chi connectivity index (χ3v) is 3.54. The largest absolute Gasteiger partial charge is 0.408 e. The van der Waals surface area contributed by atoms with E-state index in [4.69, 9.17) is 16.0 Å². The first kappa shape index (κ1) is 12.7. The molecule has 0 aromatic carbocycles. The van der Waals surface area contributed by atoms with Crippen LogP contribution in [0.15, 0.2) is 4.42 Å². The van der Waals surface area contributed by atoms with Crippen LogP contribution in [0.1, 0.15) is 38.0 Å². The van der Waals surface area contributed by atoms with E-state index < -0.39 is 0 Å². The predicted molar refractivity (Wildman–Crippen MR) is 68.6 cm³/mol. The van der Waals surface area contributed by atoms with E-state index in [1.165, 1.54) is 32.1 Å². The van der Waals surface area contributed by atoms with Gasteiger partial charge in [0.15, 0.2) is 0 Å². The van der Waals surface area contributed by atoms with Gasteiger partial charge in [-0.1, -0.05) is 24.4 Å². The van der Waals surface area contributed by atoms with Crippen molar-refractivity contribution in [2.75, 3.05) is 24.4 Å². The van der Waals surface area contributed by atoms with Crippen molar-refractivity contribution < 1.29 is 4.42 Å². The number of hydrogen-bond acceptors (Lipinski definition) is 4. The Kier molecular flexibility index (Phi) is 4.66. The molecule has 0 saturated heterocycles. The maximum absolute atomic E-state index is 5.64. The second kappa shape index (κ2) is 6.24. The minimum absolute atomic E-state index is 0.522. The standard InChI is InChI=1S/C12H20ClN3O/c1-16(9-10-5-3-2-4-6-10)12-15-14-11(17-12)7-8-13/h10H,2-9H2,1H3. The molecule has 0 amide bonds. The highest BCUT2D eigenvalue weighted by Gasteiger charge is 2.18. The fourth-order valence-electron chi connectivity index (χ4n) is 2.42. The molecule has 1 aliphatic rings. The number of rotatable bonds is 5. The summed E-state index contributed by atoms with van der Waals surface area (Å²) in [4.78, 5) is 2.07. The molecule has 1 saturated carbocycles. The number of aryl methyl sites for hydroxylation is 1. The normalized spacial score (nSPS) is 17.3. The molecule has 96 valence electrons. The number of alkyl halides is 1. The van der Waals surface area contributed by atoms with Gasteiger partial charge in [-0.05, 0) is 18.8 Å². The Morgan fingerprint density at radius 3 is 2.76 bits per heavy atom. The lowest BCUT2D eigenvalue weighted by atomic mass is 9.89. The van der Waals surface area contributed by atoms with Gasteiger partial charge in [0, 0.05) is 25.9 Å². The van der Waals surface area contributed by atoms with Crippen molar-refractivity contribution in [2.24, 2.45) is 5.92 Å². The molecule has 17 heavy (non-hydrogen) atoms. The van der Waals surface area contributed by atoms with Gasteiger partial charge in [-0.3, -0.25) is 0 Å². The van der Waals surface area contributed by atoms with Gasteiger partial charge in [-0.2, -0.15) is 0 Å². The number of aromatic nitrogens is 2. The number of nitrogens with zero attached hydrogens (tertiary/aromatic N) is 3. The molecule has 4 nitrogen and oxygen atoms in total. The molecule has 2 rings (SSSR count). The van der Waals surface area contributed by atoms with Crippen LogP contribution >= 0.6 is 11.6 Å². The predicted octanol–water partition coefficient (Wildman–Crippen LogP) is 2.87. The van der Waals surface area contributed by atoms with E-state index in [1.807, 2.05) is 7.05 Å². The molecule has 1 aliphatic carbocycles. The average Bonchev–Trinajstić information content (AvgIpc) is 2.79. The van der Waals surface area contributed by atoms with E-state index in [0.29, 0.717) is 24.2 Å². The monoisotopic (exact) mass is 257 g/mol.